The van der Waals surface area contributed by atoms with Gasteiger partial charge in [-0.2, -0.15) is 9.78 Å². The van der Waals surface area contributed by atoms with Gasteiger partial charge in [0.15, 0.2) is 6.61 Å². The molecule has 0 aliphatic rings. The van der Waals surface area contributed by atoms with Crippen LogP contribution in [0.2, 0.25) is 0 Å². The van der Waals surface area contributed by atoms with Crippen LogP contribution >= 0.6 is 31.9 Å². The number of carbonyl (C=O) groups is 1. The minimum atomic E-state index is -0.587. The van der Waals surface area contributed by atoms with Gasteiger partial charge in [0, 0.05) is 19.9 Å². The number of carbonyl (C=O) groups excluding carboxylic acids is 1. The Balaban J connectivity index is 2.17. The van der Waals surface area contributed by atoms with E-state index in [1.165, 1.54) is 10.9 Å². The maximum Gasteiger partial charge on any atom is 0.282 e. The van der Waals surface area contributed by atoms with E-state index in [4.69, 9.17) is 10.5 Å². The van der Waals surface area contributed by atoms with Crippen LogP contribution < -0.4 is 16.0 Å². The van der Waals surface area contributed by atoms with Gasteiger partial charge in [-0.25, -0.2) is 4.98 Å². The van der Waals surface area contributed by atoms with Crippen molar-refractivity contribution < 1.29 is 9.53 Å². The summed E-state index contributed by atoms with van der Waals surface area (Å²) in [7, 11) is 0. The molecular formula is C21H20Br2N4O3. The highest BCUT2D eigenvalue weighted by Crippen LogP contribution is 2.24. The Labute approximate surface area is 190 Å². The van der Waals surface area contributed by atoms with Crippen LogP contribution in [0.5, 0.6) is 5.75 Å². The van der Waals surface area contributed by atoms with Gasteiger partial charge in [-0.15, -0.1) is 0 Å². The first-order valence-electron chi connectivity index (χ1n) is 9.04. The second-order valence-electron chi connectivity index (χ2n) is 7.65. The molecule has 0 aliphatic heterocycles. The fourth-order valence-electron chi connectivity index (χ4n) is 2.76. The molecule has 0 saturated heterocycles. The standard InChI is InChI=1S/C21H20Br2N4O3/c1-21(2,3)20-26-16-6-4-14(23)9-15(16)19(29)27(20)25-10-12-8-13(22)5-7-17(12)30-11-18(24)28/h4-10H,11H2,1-3H3,(H2,24,28). The van der Waals surface area contributed by atoms with E-state index in [0.29, 0.717) is 28.0 Å². The van der Waals surface area contributed by atoms with Crippen LogP contribution in [0.25, 0.3) is 10.9 Å². The molecule has 9 heteroatoms. The second-order valence-corrected chi connectivity index (χ2v) is 9.48. The Bertz CT molecular complexity index is 1210. The lowest BCUT2D eigenvalue weighted by Gasteiger charge is -2.21. The van der Waals surface area contributed by atoms with Gasteiger partial charge < -0.3 is 10.5 Å². The first kappa shape index (κ1) is 22.2. The summed E-state index contributed by atoms with van der Waals surface area (Å²) in [5.41, 5.74) is 5.64. The molecule has 2 aromatic carbocycles. The molecule has 0 bridgehead atoms. The summed E-state index contributed by atoms with van der Waals surface area (Å²) in [4.78, 5) is 29.0. The highest BCUT2D eigenvalue weighted by Gasteiger charge is 2.23. The van der Waals surface area contributed by atoms with Gasteiger partial charge in [0.2, 0.25) is 0 Å². The van der Waals surface area contributed by atoms with Crippen molar-refractivity contribution in [2.24, 2.45) is 10.8 Å². The molecule has 3 aromatic rings. The number of hydrogen-bond acceptors (Lipinski definition) is 5. The smallest absolute Gasteiger partial charge is 0.282 e. The third kappa shape index (κ3) is 4.96. The molecule has 30 heavy (non-hydrogen) atoms. The van der Waals surface area contributed by atoms with E-state index < -0.39 is 11.3 Å². The average Bonchev–Trinajstić information content (AvgIpc) is 2.66. The highest BCUT2D eigenvalue weighted by molar-refractivity contribution is 9.10. The van der Waals surface area contributed by atoms with Gasteiger partial charge in [-0.3, -0.25) is 9.59 Å². The third-order valence-corrected chi connectivity index (χ3v) is 5.12. The van der Waals surface area contributed by atoms with Crippen molar-refractivity contribution in [2.75, 3.05) is 6.61 Å². The molecule has 0 saturated carbocycles. The zero-order valence-electron chi connectivity index (χ0n) is 16.6. The summed E-state index contributed by atoms with van der Waals surface area (Å²) in [6.07, 6.45) is 1.50. The number of fused-ring (bicyclic) bond motifs is 1. The molecule has 0 fully saturated rings. The van der Waals surface area contributed by atoms with Crippen molar-refractivity contribution in [3.8, 4) is 5.75 Å². The number of primary amides is 1. The zero-order chi connectivity index (χ0) is 22.1. The van der Waals surface area contributed by atoms with Crippen molar-refractivity contribution in [2.45, 2.75) is 26.2 Å². The van der Waals surface area contributed by atoms with E-state index in [1.54, 1.807) is 30.3 Å². The van der Waals surface area contributed by atoms with Crippen molar-refractivity contribution >= 4 is 54.9 Å². The van der Waals surface area contributed by atoms with Gasteiger partial charge in [-0.05, 0) is 36.4 Å². The van der Waals surface area contributed by atoms with Crippen LogP contribution in [-0.2, 0) is 10.2 Å². The van der Waals surface area contributed by atoms with E-state index in [1.807, 2.05) is 26.8 Å². The van der Waals surface area contributed by atoms with Crippen molar-refractivity contribution in [1.29, 1.82) is 0 Å². The summed E-state index contributed by atoms with van der Waals surface area (Å²) in [6.45, 7) is 5.63. The molecule has 0 aliphatic carbocycles. The van der Waals surface area contributed by atoms with Crippen molar-refractivity contribution in [3.05, 3.63) is 67.1 Å². The Kier molecular flexibility index (Phi) is 6.42. The predicted octanol–water partition coefficient (Wildman–Crippen LogP) is 3.97. The minimum absolute atomic E-state index is 0.263. The van der Waals surface area contributed by atoms with Gasteiger partial charge in [0.1, 0.15) is 11.6 Å². The highest BCUT2D eigenvalue weighted by atomic mass is 79.9. The fraction of sp³-hybridized carbons (Fsp3) is 0.238. The summed E-state index contributed by atoms with van der Waals surface area (Å²) >= 11 is 6.81. The summed E-state index contributed by atoms with van der Waals surface area (Å²) in [6, 6.07) is 10.6. The topological polar surface area (TPSA) is 99.6 Å². The molecule has 156 valence electrons. The van der Waals surface area contributed by atoms with Gasteiger partial charge in [0.25, 0.3) is 11.5 Å². The normalized spacial score (nSPS) is 11.9. The Hall–Kier alpha value is -2.52. The number of amides is 1. The predicted molar refractivity (Wildman–Crippen MR) is 124 cm³/mol. The lowest BCUT2D eigenvalue weighted by Crippen LogP contribution is -2.29. The zero-order valence-corrected chi connectivity index (χ0v) is 19.8. The fourth-order valence-corrected chi connectivity index (χ4v) is 3.50. The lowest BCUT2D eigenvalue weighted by molar-refractivity contribution is -0.119. The molecule has 1 heterocycles. The second kappa shape index (κ2) is 8.69. The maximum absolute atomic E-state index is 13.2. The first-order valence-corrected chi connectivity index (χ1v) is 10.6. The van der Waals surface area contributed by atoms with Crippen LogP contribution in [0.1, 0.15) is 32.2 Å². The minimum Gasteiger partial charge on any atom is -0.483 e. The maximum atomic E-state index is 13.2. The van der Waals surface area contributed by atoms with Gasteiger partial charge >= 0.3 is 0 Å². The molecule has 0 atom stereocenters. The van der Waals surface area contributed by atoms with Crippen LogP contribution in [0, 0.1) is 0 Å². The summed E-state index contributed by atoms with van der Waals surface area (Å²) in [5.74, 6) is 0.354. The molecule has 0 unspecified atom stereocenters. The average molecular weight is 536 g/mol. The van der Waals surface area contributed by atoms with Crippen LogP contribution in [0.3, 0.4) is 0 Å². The molecule has 2 N–H and O–H groups in total. The van der Waals surface area contributed by atoms with E-state index in [2.05, 4.69) is 41.9 Å². The van der Waals surface area contributed by atoms with E-state index in [0.717, 1.165) is 8.95 Å². The van der Waals surface area contributed by atoms with Crippen LogP contribution in [-0.4, -0.2) is 28.4 Å². The number of hydrogen-bond donors (Lipinski definition) is 1. The SMILES string of the molecule is CC(C)(C)c1nc2ccc(Br)cc2c(=O)n1N=Cc1cc(Br)ccc1OCC(N)=O. The molecule has 0 spiro atoms. The van der Waals surface area contributed by atoms with E-state index >= 15 is 0 Å². The monoisotopic (exact) mass is 534 g/mol. The Morgan fingerprint density at radius 2 is 1.87 bits per heavy atom. The van der Waals surface area contributed by atoms with Gasteiger partial charge in [0.05, 0.1) is 17.1 Å². The van der Waals surface area contributed by atoms with Crippen molar-refractivity contribution in [3.63, 3.8) is 0 Å². The molecule has 3 rings (SSSR count). The third-order valence-electron chi connectivity index (χ3n) is 4.13. The first-order chi connectivity index (χ1) is 14.1. The number of nitrogens with two attached hydrogens (primary N) is 1. The molecule has 1 aromatic heterocycles. The molecule has 0 radical (unpaired) electrons. The largest absolute Gasteiger partial charge is 0.483 e. The Morgan fingerprint density at radius 1 is 1.20 bits per heavy atom. The van der Waals surface area contributed by atoms with Crippen LogP contribution in [0.4, 0.5) is 0 Å². The summed E-state index contributed by atoms with van der Waals surface area (Å²) < 4.78 is 8.33. The van der Waals surface area contributed by atoms with Gasteiger partial charge in [-0.1, -0.05) is 52.6 Å². The number of halogens is 2. The van der Waals surface area contributed by atoms with E-state index in [-0.39, 0.29) is 12.2 Å². The van der Waals surface area contributed by atoms with Crippen molar-refractivity contribution in [1.82, 2.24) is 9.66 Å². The summed E-state index contributed by atoms with van der Waals surface area (Å²) in [5, 5.41) is 4.89. The molecule has 7 nitrogen and oxygen atoms in total. The number of rotatable bonds is 5. The van der Waals surface area contributed by atoms with Crippen LogP contribution in [0.15, 0.2) is 55.2 Å². The lowest BCUT2D eigenvalue weighted by atomic mass is 9.95. The number of benzene rings is 2. The quantitative estimate of drug-likeness (QED) is 0.499. The molecular weight excluding hydrogens is 516 g/mol. The number of ether oxygens (including phenoxy) is 1. The van der Waals surface area contributed by atoms with E-state index in [9.17, 15) is 9.59 Å². The Morgan fingerprint density at radius 3 is 2.53 bits per heavy atom. The molecule has 1 amide bonds. The number of aromatic nitrogens is 2. The number of nitrogens with zero attached hydrogens (tertiary/aromatic N) is 3.